The van der Waals surface area contributed by atoms with E-state index in [0.717, 1.165) is 44.4 Å². The molecule has 3 nitrogen and oxygen atoms in total. The average molecular weight is 250 g/mol. The lowest BCUT2D eigenvalue weighted by Gasteiger charge is -2.36. The zero-order valence-electron chi connectivity index (χ0n) is 11.4. The van der Waals surface area contributed by atoms with Crippen LogP contribution in [0.25, 0.3) is 0 Å². The van der Waals surface area contributed by atoms with Crippen LogP contribution in [0.4, 0.5) is 0 Å². The van der Waals surface area contributed by atoms with Gasteiger partial charge in [-0.2, -0.15) is 0 Å². The van der Waals surface area contributed by atoms with E-state index in [1.807, 2.05) is 0 Å². The molecule has 102 valence electrons. The van der Waals surface area contributed by atoms with Crippen molar-refractivity contribution < 1.29 is 4.79 Å². The largest absolute Gasteiger partial charge is 0.342 e. The lowest BCUT2D eigenvalue weighted by Crippen LogP contribution is -2.45. The molecule has 2 heterocycles. The second kappa shape index (κ2) is 5.60. The van der Waals surface area contributed by atoms with Crippen molar-refractivity contribution in [2.75, 3.05) is 26.2 Å². The molecule has 3 aliphatic rings. The van der Waals surface area contributed by atoms with Gasteiger partial charge in [0.25, 0.3) is 0 Å². The topological polar surface area (TPSA) is 32.3 Å². The normalized spacial score (nSPS) is 30.8. The fourth-order valence-electron chi connectivity index (χ4n) is 3.55. The summed E-state index contributed by atoms with van der Waals surface area (Å²) in [5, 5.41) is 3.40. The van der Waals surface area contributed by atoms with Crippen LogP contribution in [0.15, 0.2) is 0 Å². The smallest absolute Gasteiger partial charge is 0.225 e. The van der Waals surface area contributed by atoms with Gasteiger partial charge >= 0.3 is 0 Å². The van der Waals surface area contributed by atoms with E-state index >= 15 is 0 Å². The highest BCUT2D eigenvalue weighted by molar-refractivity contribution is 5.79. The lowest BCUT2D eigenvalue weighted by molar-refractivity contribution is -0.139. The Labute approximate surface area is 110 Å². The van der Waals surface area contributed by atoms with Crippen LogP contribution >= 0.6 is 0 Å². The molecule has 0 aromatic rings. The molecule has 2 saturated heterocycles. The highest BCUT2D eigenvalue weighted by Gasteiger charge is 2.34. The van der Waals surface area contributed by atoms with E-state index in [9.17, 15) is 4.79 Å². The van der Waals surface area contributed by atoms with Gasteiger partial charge in [0.15, 0.2) is 0 Å². The summed E-state index contributed by atoms with van der Waals surface area (Å²) in [6, 6.07) is 0. The van der Waals surface area contributed by atoms with Crippen LogP contribution in [-0.2, 0) is 4.79 Å². The molecule has 3 fully saturated rings. The quantitative estimate of drug-likeness (QED) is 0.828. The number of hydrogen-bond acceptors (Lipinski definition) is 2. The van der Waals surface area contributed by atoms with Crippen molar-refractivity contribution in [3.8, 4) is 0 Å². The SMILES string of the molecule is O=C1C(CC2CC2)CCCN1CC1CCNCC1. The van der Waals surface area contributed by atoms with E-state index < -0.39 is 0 Å². The Kier molecular flexibility index (Phi) is 3.88. The minimum atomic E-state index is 0.368. The summed E-state index contributed by atoms with van der Waals surface area (Å²) in [6.07, 6.45) is 8.80. The third-order valence-corrected chi connectivity index (χ3v) is 4.89. The van der Waals surface area contributed by atoms with Gasteiger partial charge in [-0.05, 0) is 57.0 Å². The number of rotatable bonds is 4. The molecular weight excluding hydrogens is 224 g/mol. The Morgan fingerprint density at radius 3 is 2.56 bits per heavy atom. The van der Waals surface area contributed by atoms with Gasteiger partial charge in [0.1, 0.15) is 0 Å². The summed E-state index contributed by atoms with van der Waals surface area (Å²) in [6.45, 7) is 4.32. The third-order valence-electron chi connectivity index (χ3n) is 4.89. The highest BCUT2D eigenvalue weighted by atomic mass is 16.2. The molecule has 1 saturated carbocycles. The van der Waals surface area contributed by atoms with Crippen molar-refractivity contribution in [1.29, 1.82) is 0 Å². The standard InChI is InChI=1S/C15H26N2O/c18-15-14(10-12-3-4-12)2-1-9-17(15)11-13-5-7-16-8-6-13/h12-14,16H,1-11H2. The van der Waals surface area contributed by atoms with E-state index in [2.05, 4.69) is 10.2 Å². The summed E-state index contributed by atoms with van der Waals surface area (Å²) in [5.41, 5.74) is 0. The van der Waals surface area contributed by atoms with E-state index in [0.29, 0.717) is 11.8 Å². The first kappa shape index (κ1) is 12.5. The van der Waals surface area contributed by atoms with Crippen molar-refractivity contribution in [2.45, 2.75) is 44.9 Å². The summed E-state index contributed by atoms with van der Waals surface area (Å²) in [5.74, 6) is 2.48. The Hall–Kier alpha value is -0.570. The van der Waals surface area contributed by atoms with Gasteiger partial charge in [-0.1, -0.05) is 12.8 Å². The fourth-order valence-corrected chi connectivity index (χ4v) is 3.55. The number of piperidine rings is 2. The Morgan fingerprint density at radius 1 is 1.06 bits per heavy atom. The number of carbonyl (C=O) groups is 1. The summed E-state index contributed by atoms with van der Waals surface area (Å²) in [4.78, 5) is 14.7. The first-order valence-corrected chi connectivity index (χ1v) is 7.82. The Morgan fingerprint density at radius 2 is 1.83 bits per heavy atom. The van der Waals surface area contributed by atoms with Gasteiger partial charge in [-0.25, -0.2) is 0 Å². The molecule has 1 aliphatic carbocycles. The van der Waals surface area contributed by atoms with E-state index in [-0.39, 0.29) is 0 Å². The fraction of sp³-hybridized carbons (Fsp3) is 0.933. The zero-order chi connectivity index (χ0) is 12.4. The second-order valence-corrected chi connectivity index (χ2v) is 6.50. The maximum Gasteiger partial charge on any atom is 0.225 e. The molecule has 1 amide bonds. The average Bonchev–Trinajstić information content (AvgIpc) is 3.20. The van der Waals surface area contributed by atoms with Gasteiger partial charge in [0, 0.05) is 19.0 Å². The molecule has 0 radical (unpaired) electrons. The molecular formula is C15H26N2O. The van der Waals surface area contributed by atoms with Crippen LogP contribution in [0.1, 0.15) is 44.9 Å². The third kappa shape index (κ3) is 3.05. The predicted octanol–water partition coefficient (Wildman–Crippen LogP) is 2.02. The molecule has 1 atom stereocenters. The van der Waals surface area contributed by atoms with Gasteiger partial charge < -0.3 is 10.2 Å². The Balaban J connectivity index is 1.51. The van der Waals surface area contributed by atoms with Crippen molar-refractivity contribution in [2.24, 2.45) is 17.8 Å². The van der Waals surface area contributed by atoms with Crippen molar-refractivity contribution in [3.05, 3.63) is 0 Å². The van der Waals surface area contributed by atoms with E-state index in [1.54, 1.807) is 0 Å². The number of amides is 1. The van der Waals surface area contributed by atoms with Crippen LogP contribution in [0.5, 0.6) is 0 Å². The van der Waals surface area contributed by atoms with E-state index in [1.165, 1.54) is 38.5 Å². The van der Waals surface area contributed by atoms with Crippen molar-refractivity contribution in [3.63, 3.8) is 0 Å². The van der Waals surface area contributed by atoms with Crippen molar-refractivity contribution in [1.82, 2.24) is 10.2 Å². The minimum absolute atomic E-state index is 0.368. The monoisotopic (exact) mass is 250 g/mol. The summed E-state index contributed by atoms with van der Waals surface area (Å²) >= 11 is 0. The maximum absolute atomic E-state index is 12.5. The summed E-state index contributed by atoms with van der Waals surface area (Å²) < 4.78 is 0. The predicted molar refractivity (Wildman–Crippen MR) is 72.2 cm³/mol. The molecule has 0 aromatic heterocycles. The van der Waals surface area contributed by atoms with Crippen LogP contribution < -0.4 is 5.32 Å². The van der Waals surface area contributed by atoms with Gasteiger partial charge in [0.2, 0.25) is 5.91 Å². The zero-order valence-corrected chi connectivity index (χ0v) is 11.4. The molecule has 0 bridgehead atoms. The molecule has 1 N–H and O–H groups in total. The van der Waals surface area contributed by atoms with E-state index in [4.69, 9.17) is 0 Å². The molecule has 3 heteroatoms. The van der Waals surface area contributed by atoms with Crippen LogP contribution in [0.3, 0.4) is 0 Å². The molecule has 2 aliphatic heterocycles. The molecule has 1 unspecified atom stereocenters. The van der Waals surface area contributed by atoms with Crippen LogP contribution in [0, 0.1) is 17.8 Å². The Bertz CT molecular complexity index is 295. The highest BCUT2D eigenvalue weighted by Crippen LogP contribution is 2.38. The lowest BCUT2D eigenvalue weighted by atomic mass is 9.90. The molecule has 0 spiro atoms. The molecule has 3 rings (SSSR count). The molecule has 18 heavy (non-hydrogen) atoms. The van der Waals surface area contributed by atoms with Gasteiger partial charge in [-0.15, -0.1) is 0 Å². The maximum atomic E-state index is 12.5. The minimum Gasteiger partial charge on any atom is -0.342 e. The second-order valence-electron chi connectivity index (χ2n) is 6.50. The number of nitrogens with zero attached hydrogens (tertiary/aromatic N) is 1. The van der Waals surface area contributed by atoms with Crippen molar-refractivity contribution >= 4 is 5.91 Å². The number of carbonyl (C=O) groups excluding carboxylic acids is 1. The first-order valence-electron chi connectivity index (χ1n) is 7.82. The van der Waals surface area contributed by atoms with Gasteiger partial charge in [-0.3, -0.25) is 4.79 Å². The van der Waals surface area contributed by atoms with Crippen LogP contribution in [0.2, 0.25) is 0 Å². The number of nitrogens with one attached hydrogen (secondary N) is 1. The number of likely N-dealkylation sites (tertiary alicyclic amines) is 1. The van der Waals surface area contributed by atoms with Gasteiger partial charge in [0.05, 0.1) is 0 Å². The van der Waals surface area contributed by atoms with Crippen LogP contribution in [-0.4, -0.2) is 37.0 Å². The molecule has 0 aromatic carbocycles. The number of hydrogen-bond donors (Lipinski definition) is 1. The summed E-state index contributed by atoms with van der Waals surface area (Å²) in [7, 11) is 0. The first-order chi connectivity index (χ1) is 8.83.